The summed E-state index contributed by atoms with van der Waals surface area (Å²) in [6, 6.07) is 5.25. The maximum absolute atomic E-state index is 12.7. The Kier molecular flexibility index (Phi) is 3.53. The Morgan fingerprint density at radius 1 is 1.20 bits per heavy atom. The van der Waals surface area contributed by atoms with Gasteiger partial charge in [0.05, 0.1) is 22.8 Å². The van der Waals surface area contributed by atoms with Gasteiger partial charge < -0.3 is 10.1 Å². The van der Waals surface area contributed by atoms with Crippen molar-refractivity contribution < 1.29 is 17.9 Å². The number of halogens is 3. The lowest BCUT2D eigenvalue weighted by molar-refractivity contribution is -0.137. The molecule has 1 atom stereocenters. The molecule has 0 aromatic heterocycles. The van der Waals surface area contributed by atoms with Gasteiger partial charge in [0.1, 0.15) is 0 Å². The molecule has 0 radical (unpaired) electrons. The average molecular weight is 287 g/mol. The van der Waals surface area contributed by atoms with Crippen LogP contribution >= 0.6 is 0 Å². The van der Waals surface area contributed by atoms with E-state index in [1.807, 2.05) is 27.7 Å². The molecule has 1 aromatic rings. The monoisotopic (exact) mass is 287 g/mol. The number of hydrogen-bond donors (Lipinski definition) is 1. The molecular formula is C15H20F3NO. The molecule has 1 saturated heterocycles. The lowest BCUT2D eigenvalue weighted by Gasteiger charge is -2.28. The second kappa shape index (κ2) is 4.65. The first-order chi connectivity index (χ1) is 9.00. The molecule has 1 heterocycles. The first-order valence-corrected chi connectivity index (χ1v) is 6.64. The molecule has 1 unspecified atom stereocenters. The van der Waals surface area contributed by atoms with Crippen LogP contribution in [-0.2, 0) is 10.9 Å². The van der Waals surface area contributed by atoms with E-state index < -0.39 is 17.3 Å². The second-order valence-electron chi connectivity index (χ2n) is 6.44. The normalized spacial score (nSPS) is 24.6. The highest BCUT2D eigenvalue weighted by atomic mass is 19.4. The van der Waals surface area contributed by atoms with Crippen LogP contribution in [0.4, 0.5) is 18.9 Å². The van der Waals surface area contributed by atoms with Gasteiger partial charge in [-0.3, -0.25) is 0 Å². The SMILES string of the molecule is CC1(C)CC(Nc2cccc(C(F)(F)F)c2)C(C)(C)O1. The number of anilines is 1. The number of nitrogens with one attached hydrogen (secondary N) is 1. The van der Waals surface area contributed by atoms with Crippen molar-refractivity contribution in [1.82, 2.24) is 0 Å². The number of hydrogen-bond acceptors (Lipinski definition) is 2. The number of ether oxygens (including phenoxy) is 1. The van der Waals surface area contributed by atoms with Gasteiger partial charge in [0.25, 0.3) is 0 Å². The van der Waals surface area contributed by atoms with Crippen molar-refractivity contribution in [3.63, 3.8) is 0 Å². The van der Waals surface area contributed by atoms with Gasteiger partial charge in [-0.15, -0.1) is 0 Å². The van der Waals surface area contributed by atoms with E-state index in [4.69, 9.17) is 4.74 Å². The van der Waals surface area contributed by atoms with Crippen molar-refractivity contribution in [2.45, 2.75) is 57.5 Å². The summed E-state index contributed by atoms with van der Waals surface area (Å²) < 4.78 is 44.0. The summed E-state index contributed by atoms with van der Waals surface area (Å²) in [7, 11) is 0. The van der Waals surface area contributed by atoms with E-state index in [-0.39, 0.29) is 11.6 Å². The van der Waals surface area contributed by atoms with Crippen LogP contribution in [0.25, 0.3) is 0 Å². The van der Waals surface area contributed by atoms with E-state index in [2.05, 4.69) is 5.32 Å². The summed E-state index contributed by atoms with van der Waals surface area (Å²) in [5, 5.41) is 3.17. The minimum Gasteiger partial charge on any atom is -0.379 e. The van der Waals surface area contributed by atoms with Crippen LogP contribution in [0.2, 0.25) is 0 Å². The zero-order chi connectivity index (χ0) is 15.2. The summed E-state index contributed by atoms with van der Waals surface area (Å²) in [6.45, 7) is 7.88. The lowest BCUT2D eigenvalue weighted by atomic mass is 9.94. The fourth-order valence-electron chi connectivity index (χ4n) is 2.77. The maximum Gasteiger partial charge on any atom is 0.416 e. The zero-order valence-corrected chi connectivity index (χ0v) is 12.1. The van der Waals surface area contributed by atoms with E-state index in [9.17, 15) is 13.2 Å². The highest BCUT2D eigenvalue weighted by Gasteiger charge is 2.45. The van der Waals surface area contributed by atoms with Crippen LogP contribution < -0.4 is 5.32 Å². The third-order valence-corrected chi connectivity index (χ3v) is 3.61. The Morgan fingerprint density at radius 2 is 1.85 bits per heavy atom. The summed E-state index contributed by atoms with van der Waals surface area (Å²) in [6.07, 6.45) is -3.57. The van der Waals surface area contributed by atoms with Gasteiger partial charge in [0, 0.05) is 5.69 Å². The van der Waals surface area contributed by atoms with Crippen LogP contribution in [0, 0.1) is 0 Å². The van der Waals surface area contributed by atoms with Gasteiger partial charge in [-0.25, -0.2) is 0 Å². The highest BCUT2D eigenvalue weighted by Crippen LogP contribution is 2.39. The van der Waals surface area contributed by atoms with E-state index in [0.29, 0.717) is 5.69 Å². The molecule has 0 bridgehead atoms. The summed E-state index contributed by atoms with van der Waals surface area (Å²) in [4.78, 5) is 0. The summed E-state index contributed by atoms with van der Waals surface area (Å²) >= 11 is 0. The van der Waals surface area contributed by atoms with Gasteiger partial charge >= 0.3 is 6.18 Å². The van der Waals surface area contributed by atoms with Crippen molar-refractivity contribution >= 4 is 5.69 Å². The molecular weight excluding hydrogens is 267 g/mol. The molecule has 20 heavy (non-hydrogen) atoms. The minimum atomic E-state index is -4.32. The standard InChI is InChI=1S/C15H20F3NO/c1-13(2)9-12(14(3,4)20-13)19-11-7-5-6-10(8-11)15(16,17)18/h5-8,12,19H,9H2,1-4H3. The highest BCUT2D eigenvalue weighted by molar-refractivity contribution is 5.48. The molecule has 1 aliphatic rings. The molecule has 1 N–H and O–H groups in total. The molecule has 5 heteroatoms. The third kappa shape index (κ3) is 3.26. The Labute approximate surface area is 117 Å². The van der Waals surface area contributed by atoms with E-state index in [1.54, 1.807) is 6.07 Å². The predicted octanol–water partition coefficient (Wildman–Crippen LogP) is 4.46. The minimum absolute atomic E-state index is 0.0269. The fraction of sp³-hybridized carbons (Fsp3) is 0.600. The Bertz CT molecular complexity index is 494. The van der Waals surface area contributed by atoms with Gasteiger partial charge in [-0.05, 0) is 52.3 Å². The topological polar surface area (TPSA) is 21.3 Å². The van der Waals surface area contributed by atoms with E-state index in [0.717, 1.165) is 18.6 Å². The van der Waals surface area contributed by atoms with Gasteiger partial charge in [-0.2, -0.15) is 13.2 Å². The molecule has 0 amide bonds. The third-order valence-electron chi connectivity index (χ3n) is 3.61. The maximum atomic E-state index is 12.7. The van der Waals surface area contributed by atoms with Crippen molar-refractivity contribution in [2.24, 2.45) is 0 Å². The molecule has 2 nitrogen and oxygen atoms in total. The Morgan fingerprint density at radius 3 is 2.35 bits per heavy atom. The van der Waals surface area contributed by atoms with Gasteiger partial charge in [-0.1, -0.05) is 6.07 Å². The number of rotatable bonds is 2. The fourth-order valence-corrected chi connectivity index (χ4v) is 2.77. The van der Waals surface area contributed by atoms with Crippen LogP contribution in [0.3, 0.4) is 0 Å². The first-order valence-electron chi connectivity index (χ1n) is 6.64. The number of benzene rings is 1. The second-order valence-corrected chi connectivity index (χ2v) is 6.44. The van der Waals surface area contributed by atoms with Crippen LogP contribution in [-0.4, -0.2) is 17.2 Å². The van der Waals surface area contributed by atoms with Gasteiger partial charge in [0.2, 0.25) is 0 Å². The van der Waals surface area contributed by atoms with Crippen molar-refractivity contribution in [2.75, 3.05) is 5.32 Å². The van der Waals surface area contributed by atoms with Gasteiger partial charge in [0.15, 0.2) is 0 Å². The molecule has 1 fully saturated rings. The average Bonchev–Trinajstić information content (AvgIpc) is 2.45. The Hall–Kier alpha value is -1.23. The largest absolute Gasteiger partial charge is 0.416 e. The lowest BCUT2D eigenvalue weighted by Crippen LogP contribution is -2.38. The summed E-state index contributed by atoms with van der Waals surface area (Å²) in [5.41, 5.74) is -0.863. The smallest absolute Gasteiger partial charge is 0.379 e. The zero-order valence-electron chi connectivity index (χ0n) is 12.1. The molecule has 2 rings (SSSR count). The van der Waals surface area contributed by atoms with Crippen LogP contribution in [0.1, 0.15) is 39.7 Å². The van der Waals surface area contributed by atoms with E-state index in [1.165, 1.54) is 6.07 Å². The summed E-state index contributed by atoms with van der Waals surface area (Å²) in [5.74, 6) is 0. The molecule has 1 aromatic carbocycles. The first kappa shape index (κ1) is 15.2. The van der Waals surface area contributed by atoms with Crippen LogP contribution in [0.15, 0.2) is 24.3 Å². The molecule has 0 saturated carbocycles. The number of alkyl halides is 3. The molecule has 112 valence electrons. The van der Waals surface area contributed by atoms with Crippen molar-refractivity contribution in [3.05, 3.63) is 29.8 Å². The van der Waals surface area contributed by atoms with Crippen molar-refractivity contribution in [3.8, 4) is 0 Å². The Balaban J connectivity index is 2.19. The van der Waals surface area contributed by atoms with E-state index >= 15 is 0 Å². The van der Waals surface area contributed by atoms with Crippen molar-refractivity contribution in [1.29, 1.82) is 0 Å². The predicted molar refractivity (Wildman–Crippen MR) is 72.7 cm³/mol. The quantitative estimate of drug-likeness (QED) is 0.867. The van der Waals surface area contributed by atoms with Crippen LogP contribution in [0.5, 0.6) is 0 Å². The molecule has 0 aliphatic carbocycles. The molecule has 1 aliphatic heterocycles. The molecule has 0 spiro atoms.